The molecule has 2 heterocycles. The van der Waals surface area contributed by atoms with E-state index in [1.807, 2.05) is 0 Å². The number of nitrogens with two attached hydrogens (primary N) is 1. The molecule has 1 atom stereocenters. The average Bonchev–Trinajstić information content (AvgIpc) is 3.05. The fourth-order valence-electron chi connectivity index (χ4n) is 2.81. The monoisotopic (exact) mass is 316 g/mol. The van der Waals surface area contributed by atoms with Crippen molar-refractivity contribution < 1.29 is 13.9 Å². The Bertz CT molecular complexity index is 721. The van der Waals surface area contributed by atoms with Crippen molar-refractivity contribution in [1.82, 2.24) is 15.1 Å². The van der Waals surface area contributed by atoms with Crippen LogP contribution < -0.4 is 10.5 Å². The highest BCUT2D eigenvalue weighted by molar-refractivity contribution is 5.95. The van der Waals surface area contributed by atoms with Crippen LogP contribution in [0.25, 0.3) is 0 Å². The fourth-order valence-corrected chi connectivity index (χ4v) is 2.81. The highest BCUT2D eigenvalue weighted by atomic mass is 19.1. The van der Waals surface area contributed by atoms with Crippen molar-refractivity contribution in [3.63, 3.8) is 0 Å². The molecule has 0 radical (unpaired) electrons. The number of ether oxygens (including phenoxy) is 1. The number of rotatable bonds is 3. The molecule has 2 N–H and O–H groups in total. The smallest absolute Gasteiger partial charge is 0.254 e. The van der Waals surface area contributed by atoms with E-state index in [1.54, 1.807) is 17.0 Å². The van der Waals surface area contributed by atoms with Crippen molar-refractivity contribution >= 4 is 11.7 Å². The van der Waals surface area contributed by atoms with Gasteiger partial charge >= 0.3 is 0 Å². The van der Waals surface area contributed by atoms with E-state index in [9.17, 15) is 9.18 Å². The van der Waals surface area contributed by atoms with Gasteiger partial charge < -0.3 is 15.4 Å². The van der Waals surface area contributed by atoms with E-state index in [1.165, 1.54) is 25.3 Å². The maximum atomic E-state index is 13.5. The third kappa shape index (κ3) is 2.94. The molecule has 1 unspecified atom stereocenters. The number of carbonyl (C=O) groups is 1. The minimum Gasteiger partial charge on any atom is -0.494 e. The second-order valence-corrected chi connectivity index (χ2v) is 5.39. The topological polar surface area (TPSA) is 81.3 Å². The SMILES string of the molecule is COc1cc(C(=O)N2CCCC2c2ccc(N)nn2)ccc1F. The lowest BCUT2D eigenvalue weighted by molar-refractivity contribution is 0.0732. The summed E-state index contributed by atoms with van der Waals surface area (Å²) in [5.74, 6) is -0.275. The summed E-state index contributed by atoms with van der Waals surface area (Å²) in [6.45, 7) is 0.620. The summed E-state index contributed by atoms with van der Waals surface area (Å²) >= 11 is 0. The van der Waals surface area contributed by atoms with Gasteiger partial charge in [0.2, 0.25) is 0 Å². The predicted octanol–water partition coefficient (Wildman–Crippen LogP) is 2.18. The van der Waals surface area contributed by atoms with Gasteiger partial charge in [-0.1, -0.05) is 0 Å². The first kappa shape index (κ1) is 15.2. The van der Waals surface area contributed by atoms with Gasteiger partial charge in [-0.3, -0.25) is 4.79 Å². The second kappa shape index (κ2) is 6.20. The number of carbonyl (C=O) groups excluding carboxylic acids is 1. The number of nitrogen functional groups attached to an aromatic ring is 1. The van der Waals surface area contributed by atoms with Crippen LogP contribution in [0.4, 0.5) is 10.2 Å². The molecule has 7 heteroatoms. The standard InChI is InChI=1S/C16H17FN4O2/c1-23-14-9-10(4-5-11(14)17)16(22)21-8-2-3-13(21)12-6-7-15(18)20-19-12/h4-7,9,13H,2-3,8H2,1H3,(H2,18,20). The predicted molar refractivity (Wildman–Crippen MR) is 82.4 cm³/mol. The van der Waals surface area contributed by atoms with Crippen molar-refractivity contribution in [2.45, 2.75) is 18.9 Å². The first-order chi connectivity index (χ1) is 11.1. The van der Waals surface area contributed by atoms with Gasteiger partial charge in [0.05, 0.1) is 18.8 Å². The summed E-state index contributed by atoms with van der Waals surface area (Å²) in [6.07, 6.45) is 1.68. The third-order valence-corrected chi connectivity index (χ3v) is 3.96. The van der Waals surface area contributed by atoms with E-state index >= 15 is 0 Å². The lowest BCUT2D eigenvalue weighted by Gasteiger charge is -2.24. The van der Waals surface area contributed by atoms with E-state index in [2.05, 4.69) is 10.2 Å². The Morgan fingerprint density at radius 1 is 1.35 bits per heavy atom. The number of amides is 1. The number of hydrogen-bond acceptors (Lipinski definition) is 5. The molecule has 1 fully saturated rings. The van der Waals surface area contributed by atoms with Gasteiger partial charge in [-0.2, -0.15) is 5.10 Å². The number of benzene rings is 1. The summed E-state index contributed by atoms with van der Waals surface area (Å²) in [5, 5.41) is 7.93. The quantitative estimate of drug-likeness (QED) is 0.938. The van der Waals surface area contributed by atoms with Gasteiger partial charge in [0.1, 0.15) is 5.82 Å². The minimum absolute atomic E-state index is 0.0545. The van der Waals surface area contributed by atoms with Crippen LogP contribution in [0.1, 0.15) is 34.9 Å². The minimum atomic E-state index is -0.494. The molecule has 1 amide bonds. The van der Waals surface area contributed by atoms with Gasteiger partial charge in [0.15, 0.2) is 11.6 Å². The van der Waals surface area contributed by atoms with Gasteiger partial charge in [-0.25, -0.2) is 4.39 Å². The summed E-state index contributed by atoms with van der Waals surface area (Å²) < 4.78 is 18.5. The van der Waals surface area contributed by atoms with E-state index in [0.29, 0.717) is 23.6 Å². The van der Waals surface area contributed by atoms with Crippen molar-refractivity contribution in [2.24, 2.45) is 0 Å². The van der Waals surface area contributed by atoms with Crippen LogP contribution in [-0.2, 0) is 0 Å². The van der Waals surface area contributed by atoms with Crippen LogP contribution in [-0.4, -0.2) is 34.7 Å². The Hall–Kier alpha value is -2.70. The van der Waals surface area contributed by atoms with Gasteiger partial charge in [-0.05, 0) is 43.2 Å². The van der Waals surface area contributed by atoms with Gasteiger partial charge in [0, 0.05) is 12.1 Å². The molecule has 0 bridgehead atoms. The molecule has 1 saturated heterocycles. The van der Waals surface area contributed by atoms with Crippen LogP contribution in [0, 0.1) is 5.82 Å². The Balaban J connectivity index is 1.87. The summed E-state index contributed by atoms with van der Waals surface area (Å²) in [5.41, 5.74) is 6.65. The Morgan fingerprint density at radius 2 is 2.17 bits per heavy atom. The van der Waals surface area contributed by atoms with Gasteiger partial charge in [-0.15, -0.1) is 5.10 Å². The number of anilines is 1. The van der Waals surface area contributed by atoms with Crippen LogP contribution in [0.5, 0.6) is 5.75 Å². The first-order valence-electron chi connectivity index (χ1n) is 7.34. The molecule has 23 heavy (non-hydrogen) atoms. The van der Waals surface area contributed by atoms with E-state index in [0.717, 1.165) is 12.8 Å². The van der Waals surface area contributed by atoms with Gasteiger partial charge in [0.25, 0.3) is 5.91 Å². The largest absolute Gasteiger partial charge is 0.494 e. The maximum absolute atomic E-state index is 13.5. The van der Waals surface area contributed by atoms with E-state index in [4.69, 9.17) is 10.5 Å². The fraction of sp³-hybridized carbons (Fsp3) is 0.312. The molecule has 0 aliphatic carbocycles. The molecular formula is C16H17FN4O2. The highest BCUT2D eigenvalue weighted by Crippen LogP contribution is 2.32. The molecule has 1 aliphatic rings. The zero-order chi connectivity index (χ0) is 16.4. The van der Waals surface area contributed by atoms with Crippen molar-refractivity contribution in [1.29, 1.82) is 0 Å². The molecule has 1 aromatic carbocycles. The number of halogens is 1. The Labute approximate surface area is 133 Å². The Morgan fingerprint density at radius 3 is 2.87 bits per heavy atom. The normalized spacial score (nSPS) is 17.3. The molecule has 120 valence electrons. The summed E-state index contributed by atoms with van der Waals surface area (Å²) in [4.78, 5) is 14.5. The van der Waals surface area contributed by atoms with Crippen molar-refractivity contribution in [3.8, 4) is 5.75 Å². The molecule has 6 nitrogen and oxygen atoms in total. The molecule has 0 spiro atoms. The zero-order valence-corrected chi connectivity index (χ0v) is 12.7. The number of aromatic nitrogens is 2. The Kier molecular flexibility index (Phi) is 4.10. The molecular weight excluding hydrogens is 299 g/mol. The van der Waals surface area contributed by atoms with Crippen LogP contribution in [0.2, 0.25) is 0 Å². The van der Waals surface area contributed by atoms with E-state index < -0.39 is 5.82 Å². The summed E-state index contributed by atoms with van der Waals surface area (Å²) in [7, 11) is 1.37. The highest BCUT2D eigenvalue weighted by Gasteiger charge is 2.32. The zero-order valence-electron chi connectivity index (χ0n) is 12.7. The number of nitrogens with zero attached hydrogens (tertiary/aromatic N) is 3. The number of likely N-dealkylation sites (tertiary alicyclic amines) is 1. The molecule has 0 saturated carbocycles. The van der Waals surface area contributed by atoms with Crippen molar-refractivity contribution in [2.75, 3.05) is 19.4 Å². The van der Waals surface area contributed by atoms with E-state index in [-0.39, 0.29) is 17.7 Å². The van der Waals surface area contributed by atoms with Crippen LogP contribution in [0.15, 0.2) is 30.3 Å². The number of hydrogen-bond donors (Lipinski definition) is 1. The van der Waals surface area contributed by atoms with Crippen molar-refractivity contribution in [3.05, 3.63) is 47.4 Å². The van der Waals surface area contributed by atoms with Crippen LogP contribution >= 0.6 is 0 Å². The van der Waals surface area contributed by atoms with Crippen LogP contribution in [0.3, 0.4) is 0 Å². The molecule has 1 aromatic heterocycles. The lowest BCUT2D eigenvalue weighted by atomic mass is 10.1. The number of methoxy groups -OCH3 is 1. The maximum Gasteiger partial charge on any atom is 0.254 e. The summed E-state index contributed by atoms with van der Waals surface area (Å²) in [6, 6.07) is 7.42. The first-order valence-corrected chi connectivity index (χ1v) is 7.34. The molecule has 3 rings (SSSR count). The lowest BCUT2D eigenvalue weighted by Crippen LogP contribution is -2.31. The molecule has 2 aromatic rings. The average molecular weight is 316 g/mol. The third-order valence-electron chi connectivity index (χ3n) is 3.96. The second-order valence-electron chi connectivity index (χ2n) is 5.39. The molecule has 1 aliphatic heterocycles.